The fraction of sp³-hybridized carbons (Fsp3) is 0.423. The maximum atomic E-state index is 12.9. The molecule has 4 rings (SSSR count). The molecule has 7 nitrogen and oxygen atoms in total. The Hall–Kier alpha value is -3.00. The first kappa shape index (κ1) is 24.1. The molecular weight excluding hydrogens is 450 g/mol. The molecule has 1 unspecified atom stereocenters. The highest BCUT2D eigenvalue weighted by Gasteiger charge is 2.31. The minimum absolute atomic E-state index is 0.0506. The topological polar surface area (TPSA) is 80.2 Å². The first-order valence-electron chi connectivity index (χ1n) is 11.7. The number of hydrogen-bond donors (Lipinski definition) is 1. The molecule has 0 radical (unpaired) electrons. The molecule has 0 spiro atoms. The van der Waals surface area contributed by atoms with Crippen LogP contribution in [0.4, 0.5) is 4.79 Å². The zero-order valence-corrected chi connectivity index (χ0v) is 20.7. The molecule has 2 aromatic carbocycles. The summed E-state index contributed by atoms with van der Waals surface area (Å²) >= 11 is 1.28. The standard InChI is InChI=1S/C26H31N3O4S/c1-4-23-24(18-12-13-21(32-2)22(15-18)33-3)28-29(26(31)34-23)16-17-8-7-9-19(14-17)25(30)27-20-10-5-6-11-20/h7-9,12-15,20,23H,4-6,10-11,16H2,1-3H3,(H,27,30). The smallest absolute Gasteiger partial charge is 0.302 e. The number of hydrogen-bond acceptors (Lipinski definition) is 6. The second-order valence-corrected chi connectivity index (χ2v) is 9.70. The van der Waals surface area contributed by atoms with E-state index < -0.39 is 0 Å². The molecule has 1 saturated carbocycles. The van der Waals surface area contributed by atoms with Gasteiger partial charge in [0.05, 0.1) is 31.7 Å². The molecular formula is C26H31N3O4S. The van der Waals surface area contributed by atoms with E-state index in [1.54, 1.807) is 14.2 Å². The van der Waals surface area contributed by atoms with Crippen molar-refractivity contribution in [2.75, 3.05) is 14.2 Å². The van der Waals surface area contributed by atoms with Crippen molar-refractivity contribution in [2.45, 2.75) is 56.9 Å². The van der Waals surface area contributed by atoms with Gasteiger partial charge in [-0.25, -0.2) is 5.01 Å². The minimum Gasteiger partial charge on any atom is -0.493 e. The van der Waals surface area contributed by atoms with E-state index in [-0.39, 0.29) is 22.4 Å². The minimum atomic E-state index is -0.100. The van der Waals surface area contributed by atoms with Gasteiger partial charge in [-0.1, -0.05) is 43.7 Å². The zero-order chi connectivity index (χ0) is 24.1. The van der Waals surface area contributed by atoms with Crippen molar-refractivity contribution in [1.82, 2.24) is 10.3 Å². The molecule has 2 amide bonds. The van der Waals surface area contributed by atoms with Crippen LogP contribution in [0.25, 0.3) is 0 Å². The van der Waals surface area contributed by atoms with E-state index in [2.05, 4.69) is 5.32 Å². The van der Waals surface area contributed by atoms with E-state index in [0.717, 1.165) is 36.1 Å². The average Bonchev–Trinajstić information content (AvgIpc) is 3.37. The summed E-state index contributed by atoms with van der Waals surface area (Å²) in [7, 11) is 3.20. The van der Waals surface area contributed by atoms with Crippen LogP contribution in [-0.4, -0.2) is 47.4 Å². The number of carbonyl (C=O) groups is 2. The van der Waals surface area contributed by atoms with Gasteiger partial charge >= 0.3 is 5.24 Å². The fourth-order valence-electron chi connectivity index (χ4n) is 4.41. The quantitative estimate of drug-likeness (QED) is 0.559. The van der Waals surface area contributed by atoms with Crippen molar-refractivity contribution in [3.63, 3.8) is 0 Å². The number of carbonyl (C=O) groups excluding carboxylic acids is 2. The van der Waals surface area contributed by atoms with Gasteiger partial charge in [0.2, 0.25) is 0 Å². The van der Waals surface area contributed by atoms with E-state index in [4.69, 9.17) is 14.6 Å². The normalized spacial score (nSPS) is 18.6. The zero-order valence-electron chi connectivity index (χ0n) is 19.9. The number of nitrogens with zero attached hydrogens (tertiary/aromatic N) is 2. The maximum Gasteiger partial charge on any atom is 0.302 e. The summed E-state index contributed by atoms with van der Waals surface area (Å²) in [6.45, 7) is 2.34. The van der Waals surface area contributed by atoms with Crippen molar-refractivity contribution in [3.05, 3.63) is 59.2 Å². The number of benzene rings is 2. The van der Waals surface area contributed by atoms with E-state index in [1.807, 2.05) is 49.4 Å². The van der Waals surface area contributed by atoms with Gasteiger partial charge in [-0.15, -0.1) is 0 Å². The lowest BCUT2D eigenvalue weighted by molar-refractivity contribution is 0.0937. The molecule has 1 aliphatic carbocycles. The molecule has 1 aliphatic heterocycles. The van der Waals surface area contributed by atoms with Crippen LogP contribution in [0, 0.1) is 0 Å². The van der Waals surface area contributed by atoms with Gasteiger partial charge in [0, 0.05) is 17.2 Å². The summed E-state index contributed by atoms with van der Waals surface area (Å²) in [4.78, 5) is 25.6. The Morgan fingerprint density at radius 3 is 2.59 bits per heavy atom. The van der Waals surface area contributed by atoms with E-state index >= 15 is 0 Å². The Morgan fingerprint density at radius 2 is 1.88 bits per heavy atom. The fourth-order valence-corrected chi connectivity index (χ4v) is 5.34. The predicted molar refractivity (Wildman–Crippen MR) is 135 cm³/mol. The lowest BCUT2D eigenvalue weighted by atomic mass is 10.0. The second kappa shape index (κ2) is 11.0. The van der Waals surface area contributed by atoms with Crippen LogP contribution in [0.15, 0.2) is 47.6 Å². The summed E-state index contributed by atoms with van der Waals surface area (Å²) < 4.78 is 10.8. The monoisotopic (exact) mass is 481 g/mol. The molecule has 2 aliphatic rings. The number of hydrazone groups is 1. The largest absolute Gasteiger partial charge is 0.493 e. The Labute approximate surface area is 204 Å². The van der Waals surface area contributed by atoms with Crippen molar-refractivity contribution in [1.29, 1.82) is 0 Å². The van der Waals surface area contributed by atoms with Gasteiger partial charge < -0.3 is 14.8 Å². The molecule has 180 valence electrons. The maximum absolute atomic E-state index is 12.9. The molecule has 1 fully saturated rings. The molecule has 2 aromatic rings. The Morgan fingerprint density at radius 1 is 1.12 bits per heavy atom. The number of rotatable bonds is 8. The van der Waals surface area contributed by atoms with Crippen LogP contribution in [0.5, 0.6) is 11.5 Å². The van der Waals surface area contributed by atoms with E-state index in [1.165, 1.54) is 29.6 Å². The Kier molecular flexibility index (Phi) is 7.77. The highest BCUT2D eigenvalue weighted by atomic mass is 32.2. The molecule has 1 N–H and O–H groups in total. The number of nitrogens with one attached hydrogen (secondary N) is 1. The number of methoxy groups -OCH3 is 2. The molecule has 0 saturated heterocycles. The third-order valence-corrected chi connectivity index (χ3v) is 7.50. The molecule has 0 aromatic heterocycles. The van der Waals surface area contributed by atoms with Crippen molar-refractivity contribution in [3.8, 4) is 11.5 Å². The van der Waals surface area contributed by atoms with Crippen molar-refractivity contribution < 1.29 is 19.1 Å². The van der Waals surface area contributed by atoms with Gasteiger partial charge in [-0.3, -0.25) is 9.59 Å². The van der Waals surface area contributed by atoms with Crippen LogP contribution in [-0.2, 0) is 6.54 Å². The van der Waals surface area contributed by atoms with Gasteiger partial charge in [0.25, 0.3) is 5.91 Å². The van der Waals surface area contributed by atoms with Crippen molar-refractivity contribution in [2.24, 2.45) is 5.10 Å². The Balaban J connectivity index is 1.56. The SMILES string of the molecule is CCC1SC(=O)N(Cc2cccc(C(=O)NC3CCCC3)c2)N=C1c1ccc(OC)c(OC)c1. The Bertz CT molecular complexity index is 1080. The van der Waals surface area contributed by atoms with Crippen molar-refractivity contribution >= 4 is 28.6 Å². The molecule has 1 heterocycles. The first-order chi connectivity index (χ1) is 16.5. The lowest BCUT2D eigenvalue weighted by Crippen LogP contribution is -2.35. The van der Waals surface area contributed by atoms with E-state index in [0.29, 0.717) is 23.6 Å². The summed E-state index contributed by atoms with van der Waals surface area (Å²) in [5, 5.41) is 9.21. The summed E-state index contributed by atoms with van der Waals surface area (Å²) in [5.74, 6) is 1.20. The van der Waals surface area contributed by atoms with Crippen LogP contribution >= 0.6 is 11.8 Å². The van der Waals surface area contributed by atoms with Crippen LogP contribution < -0.4 is 14.8 Å². The van der Waals surface area contributed by atoms with Gasteiger partial charge in [-0.2, -0.15) is 5.10 Å². The predicted octanol–water partition coefficient (Wildman–Crippen LogP) is 5.23. The summed E-state index contributed by atoms with van der Waals surface area (Å²) in [6.07, 6.45) is 5.18. The lowest BCUT2D eigenvalue weighted by Gasteiger charge is -2.28. The summed E-state index contributed by atoms with van der Waals surface area (Å²) in [5.41, 5.74) is 3.18. The second-order valence-electron chi connectivity index (χ2n) is 8.55. The molecule has 0 bridgehead atoms. The van der Waals surface area contributed by atoms with Gasteiger partial charge in [0.1, 0.15) is 0 Å². The third kappa shape index (κ3) is 5.38. The third-order valence-electron chi connectivity index (χ3n) is 6.25. The molecule has 1 atom stereocenters. The highest BCUT2D eigenvalue weighted by Crippen LogP contribution is 2.33. The van der Waals surface area contributed by atoms with E-state index in [9.17, 15) is 9.59 Å². The summed E-state index contributed by atoms with van der Waals surface area (Å²) in [6, 6.07) is 13.4. The number of ether oxygens (including phenoxy) is 2. The molecule has 8 heteroatoms. The number of thioether (sulfide) groups is 1. The van der Waals surface area contributed by atoms with Crippen LogP contribution in [0.3, 0.4) is 0 Å². The highest BCUT2D eigenvalue weighted by molar-refractivity contribution is 8.14. The van der Waals surface area contributed by atoms with Gasteiger partial charge in [0.15, 0.2) is 11.5 Å². The average molecular weight is 482 g/mol. The van der Waals surface area contributed by atoms with Gasteiger partial charge in [-0.05, 0) is 55.2 Å². The molecule has 34 heavy (non-hydrogen) atoms. The van der Waals surface area contributed by atoms with Crippen LogP contribution in [0.2, 0.25) is 0 Å². The van der Waals surface area contributed by atoms with Crippen LogP contribution in [0.1, 0.15) is 60.5 Å². The number of amides is 2. The first-order valence-corrected chi connectivity index (χ1v) is 12.6.